The lowest BCUT2D eigenvalue weighted by Crippen LogP contribution is -2.36. The van der Waals surface area contributed by atoms with Gasteiger partial charge in [0.2, 0.25) is 5.91 Å². The number of hydrogen-bond donors (Lipinski definition) is 2. The van der Waals surface area contributed by atoms with Gasteiger partial charge in [-0.3, -0.25) is 9.59 Å². The van der Waals surface area contributed by atoms with Crippen molar-refractivity contribution in [3.05, 3.63) is 0 Å². The van der Waals surface area contributed by atoms with Crippen molar-refractivity contribution >= 4 is 11.9 Å². The van der Waals surface area contributed by atoms with Crippen LogP contribution in [0.15, 0.2) is 0 Å². The van der Waals surface area contributed by atoms with Crippen molar-refractivity contribution in [3.63, 3.8) is 0 Å². The second-order valence-corrected chi connectivity index (χ2v) is 6.71. The van der Waals surface area contributed by atoms with Gasteiger partial charge < -0.3 is 10.4 Å². The van der Waals surface area contributed by atoms with Crippen molar-refractivity contribution in [2.75, 3.05) is 6.54 Å². The zero-order valence-corrected chi connectivity index (χ0v) is 11.7. The molecule has 0 radical (unpaired) electrons. The van der Waals surface area contributed by atoms with Crippen LogP contribution >= 0.6 is 0 Å². The van der Waals surface area contributed by atoms with E-state index in [-0.39, 0.29) is 24.2 Å². The number of rotatable bonds is 6. The predicted octanol–water partition coefficient (Wildman–Crippen LogP) is 2.57. The Hall–Kier alpha value is -1.06. The molecule has 0 aromatic carbocycles. The fraction of sp³-hybridized carbons (Fsp3) is 0.857. The summed E-state index contributed by atoms with van der Waals surface area (Å²) in [6.07, 6.45) is 5.14. The molecule has 0 bridgehead atoms. The molecular formula is C14H25NO3. The smallest absolute Gasteiger partial charge is 0.303 e. The van der Waals surface area contributed by atoms with E-state index in [0.717, 1.165) is 6.54 Å². The van der Waals surface area contributed by atoms with E-state index in [0.29, 0.717) is 0 Å². The molecule has 0 heterocycles. The molecule has 18 heavy (non-hydrogen) atoms. The summed E-state index contributed by atoms with van der Waals surface area (Å²) >= 11 is 0. The number of hydrogen-bond acceptors (Lipinski definition) is 2. The van der Waals surface area contributed by atoms with Crippen LogP contribution in [0.1, 0.15) is 59.3 Å². The first kappa shape index (κ1) is 15.0. The normalized spacial score (nSPS) is 18.6. The Morgan fingerprint density at radius 1 is 1.22 bits per heavy atom. The van der Waals surface area contributed by atoms with Crippen LogP contribution in [0.4, 0.5) is 0 Å². The first-order valence-electron chi connectivity index (χ1n) is 6.71. The van der Waals surface area contributed by atoms with Gasteiger partial charge in [0.25, 0.3) is 0 Å². The highest BCUT2D eigenvalue weighted by Crippen LogP contribution is 2.36. The molecule has 4 heteroatoms. The molecule has 104 valence electrons. The number of amides is 1. The molecule has 1 fully saturated rings. The maximum Gasteiger partial charge on any atom is 0.303 e. The number of nitrogens with one attached hydrogen (secondary N) is 1. The molecule has 1 amide bonds. The van der Waals surface area contributed by atoms with E-state index in [1.165, 1.54) is 25.7 Å². The van der Waals surface area contributed by atoms with Gasteiger partial charge in [0, 0.05) is 13.0 Å². The zero-order valence-electron chi connectivity index (χ0n) is 11.7. The number of aliphatic carboxylic acids is 1. The lowest BCUT2D eigenvalue weighted by molar-refractivity contribution is -0.139. The fourth-order valence-electron chi connectivity index (χ4n) is 2.69. The Balaban J connectivity index is 2.35. The monoisotopic (exact) mass is 255 g/mol. The Kier molecular flexibility index (Phi) is 4.77. The molecule has 0 aromatic rings. The molecule has 0 aliphatic heterocycles. The highest BCUT2D eigenvalue weighted by Gasteiger charge is 2.30. The Bertz CT molecular complexity index is 317. The molecule has 0 aromatic heterocycles. The SMILES string of the molecule is CC(C)(CC(=O)O)CC(=O)NCC1(C)CCCC1. The molecule has 0 unspecified atom stereocenters. The van der Waals surface area contributed by atoms with Gasteiger partial charge in [-0.15, -0.1) is 0 Å². The molecular weight excluding hydrogens is 230 g/mol. The van der Waals surface area contributed by atoms with E-state index in [9.17, 15) is 9.59 Å². The molecule has 0 saturated heterocycles. The lowest BCUT2D eigenvalue weighted by Gasteiger charge is -2.26. The van der Waals surface area contributed by atoms with Crippen LogP contribution in [0.3, 0.4) is 0 Å². The van der Waals surface area contributed by atoms with Crippen LogP contribution in [-0.4, -0.2) is 23.5 Å². The highest BCUT2D eigenvalue weighted by atomic mass is 16.4. The van der Waals surface area contributed by atoms with Crippen molar-refractivity contribution in [2.45, 2.75) is 59.3 Å². The minimum Gasteiger partial charge on any atom is -0.481 e. The Labute approximate surface area is 109 Å². The summed E-state index contributed by atoms with van der Waals surface area (Å²) in [6, 6.07) is 0. The van der Waals surface area contributed by atoms with Crippen LogP contribution in [0.2, 0.25) is 0 Å². The third-order valence-electron chi connectivity index (χ3n) is 3.79. The fourth-order valence-corrected chi connectivity index (χ4v) is 2.69. The van der Waals surface area contributed by atoms with Gasteiger partial charge in [-0.1, -0.05) is 33.6 Å². The van der Waals surface area contributed by atoms with Gasteiger partial charge in [-0.25, -0.2) is 0 Å². The Morgan fingerprint density at radius 3 is 2.28 bits per heavy atom. The van der Waals surface area contributed by atoms with Crippen LogP contribution < -0.4 is 5.32 Å². The first-order chi connectivity index (χ1) is 8.22. The van der Waals surface area contributed by atoms with Gasteiger partial charge in [-0.2, -0.15) is 0 Å². The summed E-state index contributed by atoms with van der Waals surface area (Å²) in [5.41, 5.74) is -0.237. The molecule has 0 spiro atoms. The van der Waals surface area contributed by atoms with Crippen LogP contribution in [0.5, 0.6) is 0 Å². The average molecular weight is 255 g/mol. The maximum absolute atomic E-state index is 11.8. The van der Waals surface area contributed by atoms with Crippen molar-refractivity contribution in [1.82, 2.24) is 5.32 Å². The number of carbonyl (C=O) groups excluding carboxylic acids is 1. The molecule has 2 N–H and O–H groups in total. The van der Waals surface area contributed by atoms with Crippen molar-refractivity contribution < 1.29 is 14.7 Å². The van der Waals surface area contributed by atoms with Crippen LogP contribution in [-0.2, 0) is 9.59 Å². The zero-order chi connectivity index (χ0) is 13.8. The maximum atomic E-state index is 11.8. The number of carbonyl (C=O) groups is 2. The molecule has 1 rings (SSSR count). The summed E-state index contributed by atoms with van der Waals surface area (Å²) in [5.74, 6) is -0.884. The van der Waals surface area contributed by atoms with E-state index in [1.54, 1.807) is 0 Å². The first-order valence-corrected chi connectivity index (χ1v) is 6.71. The second-order valence-electron chi connectivity index (χ2n) is 6.71. The van der Waals surface area contributed by atoms with E-state index in [1.807, 2.05) is 13.8 Å². The van der Waals surface area contributed by atoms with E-state index >= 15 is 0 Å². The third kappa shape index (κ3) is 5.07. The second kappa shape index (κ2) is 5.72. The van der Waals surface area contributed by atoms with E-state index < -0.39 is 11.4 Å². The lowest BCUT2D eigenvalue weighted by atomic mass is 9.84. The standard InChI is InChI=1S/C14H25NO3/c1-13(2,9-12(17)18)8-11(16)15-10-14(3)6-4-5-7-14/h4-10H2,1-3H3,(H,15,16)(H,17,18). The summed E-state index contributed by atoms with van der Waals surface area (Å²) in [4.78, 5) is 22.5. The van der Waals surface area contributed by atoms with E-state index in [2.05, 4.69) is 12.2 Å². The van der Waals surface area contributed by atoms with Crippen LogP contribution in [0, 0.1) is 10.8 Å². The third-order valence-corrected chi connectivity index (χ3v) is 3.79. The number of carboxylic acids is 1. The minimum atomic E-state index is -0.851. The topological polar surface area (TPSA) is 66.4 Å². The largest absolute Gasteiger partial charge is 0.481 e. The van der Waals surface area contributed by atoms with Crippen LogP contribution in [0.25, 0.3) is 0 Å². The Morgan fingerprint density at radius 2 is 1.78 bits per heavy atom. The summed E-state index contributed by atoms with van der Waals surface area (Å²) in [6.45, 7) is 6.56. The van der Waals surface area contributed by atoms with Crippen molar-refractivity contribution in [1.29, 1.82) is 0 Å². The minimum absolute atomic E-state index is 0.0255. The average Bonchev–Trinajstić information content (AvgIpc) is 2.60. The van der Waals surface area contributed by atoms with Gasteiger partial charge >= 0.3 is 5.97 Å². The molecule has 0 atom stereocenters. The van der Waals surface area contributed by atoms with Gasteiger partial charge in [0.15, 0.2) is 0 Å². The summed E-state index contributed by atoms with van der Waals surface area (Å²) < 4.78 is 0. The molecule has 1 saturated carbocycles. The summed E-state index contributed by atoms with van der Waals surface area (Å²) in [7, 11) is 0. The predicted molar refractivity (Wildman–Crippen MR) is 70.2 cm³/mol. The van der Waals surface area contributed by atoms with Gasteiger partial charge in [0.1, 0.15) is 0 Å². The van der Waals surface area contributed by atoms with E-state index in [4.69, 9.17) is 5.11 Å². The molecule has 1 aliphatic carbocycles. The number of carboxylic acid groups (broad SMARTS) is 1. The molecule has 1 aliphatic rings. The quantitative estimate of drug-likeness (QED) is 0.766. The van der Waals surface area contributed by atoms with Gasteiger partial charge in [0.05, 0.1) is 6.42 Å². The van der Waals surface area contributed by atoms with Crippen molar-refractivity contribution in [2.24, 2.45) is 10.8 Å². The van der Waals surface area contributed by atoms with Gasteiger partial charge in [-0.05, 0) is 23.7 Å². The highest BCUT2D eigenvalue weighted by molar-refractivity contribution is 5.77. The summed E-state index contributed by atoms with van der Waals surface area (Å²) in [5, 5.41) is 11.7. The molecule has 4 nitrogen and oxygen atoms in total. The van der Waals surface area contributed by atoms with Crippen molar-refractivity contribution in [3.8, 4) is 0 Å².